The van der Waals surface area contributed by atoms with Gasteiger partial charge < -0.3 is 14.2 Å². The van der Waals surface area contributed by atoms with Crippen molar-refractivity contribution in [3.63, 3.8) is 0 Å². The lowest BCUT2D eigenvalue weighted by Gasteiger charge is -2.04. The SMILES string of the molecule is O=S(=O)(c1ccccc1)c1nc(-c2ccc(F)cc2)oc1NCc1ccco1. The minimum Gasteiger partial charge on any atom is -0.467 e. The second-order valence-corrected chi connectivity index (χ2v) is 7.77. The predicted molar refractivity (Wildman–Crippen MR) is 99.8 cm³/mol. The lowest BCUT2D eigenvalue weighted by molar-refractivity contribution is 0.511. The molecule has 2 aromatic carbocycles. The lowest BCUT2D eigenvalue weighted by Crippen LogP contribution is -2.07. The van der Waals surface area contributed by atoms with Gasteiger partial charge in [0.05, 0.1) is 17.7 Å². The number of benzene rings is 2. The number of nitrogens with zero attached hydrogens (tertiary/aromatic N) is 1. The van der Waals surface area contributed by atoms with Crippen LogP contribution >= 0.6 is 0 Å². The molecular weight excluding hydrogens is 383 g/mol. The van der Waals surface area contributed by atoms with Crippen LogP contribution in [0.25, 0.3) is 11.5 Å². The summed E-state index contributed by atoms with van der Waals surface area (Å²) in [6.45, 7) is 0.211. The van der Waals surface area contributed by atoms with E-state index in [-0.39, 0.29) is 28.2 Å². The van der Waals surface area contributed by atoms with Crippen LogP contribution < -0.4 is 5.32 Å². The third kappa shape index (κ3) is 3.54. The summed E-state index contributed by atoms with van der Waals surface area (Å²) in [5.74, 6) is 0.238. The standard InChI is InChI=1S/C20H15FN2O4S/c21-15-10-8-14(9-11-15)18-23-20(28(24,25)17-6-2-1-3-7-17)19(27-18)22-13-16-5-4-12-26-16/h1-12,22H,13H2. The molecule has 8 heteroatoms. The van der Waals surface area contributed by atoms with Crippen molar-refractivity contribution in [2.24, 2.45) is 0 Å². The van der Waals surface area contributed by atoms with Gasteiger partial charge in [-0.05, 0) is 48.5 Å². The molecule has 0 saturated carbocycles. The molecule has 0 aliphatic heterocycles. The highest BCUT2D eigenvalue weighted by Gasteiger charge is 2.28. The molecule has 4 aromatic rings. The van der Waals surface area contributed by atoms with Gasteiger partial charge in [0, 0.05) is 5.56 Å². The highest BCUT2D eigenvalue weighted by molar-refractivity contribution is 7.91. The van der Waals surface area contributed by atoms with E-state index < -0.39 is 15.7 Å². The van der Waals surface area contributed by atoms with Gasteiger partial charge in [0.15, 0.2) is 0 Å². The zero-order valence-electron chi connectivity index (χ0n) is 14.5. The molecule has 2 aromatic heterocycles. The monoisotopic (exact) mass is 398 g/mol. The molecule has 142 valence electrons. The maximum Gasteiger partial charge on any atom is 0.234 e. The molecular formula is C20H15FN2O4S. The number of hydrogen-bond donors (Lipinski definition) is 1. The number of oxazole rings is 1. The van der Waals surface area contributed by atoms with Crippen molar-refractivity contribution in [2.45, 2.75) is 16.5 Å². The third-order valence-electron chi connectivity index (χ3n) is 4.00. The van der Waals surface area contributed by atoms with E-state index >= 15 is 0 Å². The van der Waals surface area contributed by atoms with Gasteiger partial charge in [-0.1, -0.05) is 18.2 Å². The van der Waals surface area contributed by atoms with Crippen LogP contribution in [0.15, 0.2) is 91.7 Å². The molecule has 0 saturated heterocycles. The number of nitrogens with one attached hydrogen (secondary N) is 1. The van der Waals surface area contributed by atoms with Crippen LogP contribution in [0.5, 0.6) is 0 Å². The molecule has 0 radical (unpaired) electrons. The summed E-state index contributed by atoms with van der Waals surface area (Å²) in [6.07, 6.45) is 1.52. The highest BCUT2D eigenvalue weighted by atomic mass is 32.2. The third-order valence-corrected chi connectivity index (χ3v) is 5.68. The number of aromatic nitrogens is 1. The Labute approximate surface area is 160 Å². The summed E-state index contributed by atoms with van der Waals surface area (Å²) in [5, 5.41) is 2.67. The van der Waals surface area contributed by atoms with Gasteiger partial charge in [0.1, 0.15) is 11.6 Å². The first kappa shape index (κ1) is 18.0. The van der Waals surface area contributed by atoms with Crippen molar-refractivity contribution in [1.29, 1.82) is 0 Å². The number of sulfone groups is 1. The van der Waals surface area contributed by atoms with Gasteiger partial charge in [-0.2, -0.15) is 4.98 Å². The van der Waals surface area contributed by atoms with E-state index in [9.17, 15) is 12.8 Å². The van der Waals surface area contributed by atoms with Gasteiger partial charge in [-0.3, -0.25) is 0 Å². The minimum atomic E-state index is -3.93. The molecule has 0 fully saturated rings. The van der Waals surface area contributed by atoms with Crippen LogP contribution in [0.1, 0.15) is 5.76 Å². The molecule has 0 atom stereocenters. The van der Waals surface area contributed by atoms with Crippen molar-refractivity contribution in [3.8, 4) is 11.5 Å². The van der Waals surface area contributed by atoms with Crippen LogP contribution in [0.2, 0.25) is 0 Å². The fourth-order valence-corrected chi connectivity index (χ4v) is 3.91. The molecule has 1 N–H and O–H groups in total. The average Bonchev–Trinajstić information content (AvgIpc) is 3.38. The zero-order valence-corrected chi connectivity index (χ0v) is 15.3. The zero-order chi connectivity index (χ0) is 19.6. The largest absolute Gasteiger partial charge is 0.467 e. The predicted octanol–water partition coefficient (Wildman–Crippen LogP) is 4.52. The first-order valence-corrected chi connectivity index (χ1v) is 9.85. The fraction of sp³-hybridized carbons (Fsp3) is 0.0500. The number of rotatable bonds is 6. The van der Waals surface area contributed by atoms with Crippen molar-refractivity contribution in [1.82, 2.24) is 4.98 Å². The van der Waals surface area contributed by atoms with Gasteiger partial charge in [0.2, 0.25) is 26.6 Å². The maximum absolute atomic E-state index is 13.2. The van der Waals surface area contributed by atoms with Crippen molar-refractivity contribution >= 4 is 15.7 Å². The van der Waals surface area contributed by atoms with Crippen LogP contribution in [0, 0.1) is 5.82 Å². The molecule has 6 nitrogen and oxygen atoms in total. The summed E-state index contributed by atoms with van der Waals surface area (Å²) in [5.41, 5.74) is 0.456. The van der Waals surface area contributed by atoms with E-state index in [4.69, 9.17) is 8.83 Å². The van der Waals surface area contributed by atoms with Crippen molar-refractivity contribution < 1.29 is 21.6 Å². The van der Waals surface area contributed by atoms with Gasteiger partial charge in [-0.15, -0.1) is 0 Å². The summed E-state index contributed by atoms with van der Waals surface area (Å²) in [7, 11) is -3.93. The first-order valence-electron chi connectivity index (χ1n) is 8.37. The summed E-state index contributed by atoms with van der Waals surface area (Å²) < 4.78 is 50.3. The molecule has 0 bridgehead atoms. The molecule has 0 unspecified atom stereocenters. The Balaban J connectivity index is 1.77. The Hall–Kier alpha value is -3.39. The summed E-state index contributed by atoms with van der Waals surface area (Å²) >= 11 is 0. The van der Waals surface area contributed by atoms with Gasteiger partial charge >= 0.3 is 0 Å². The Kier molecular flexibility index (Phi) is 4.70. The van der Waals surface area contributed by atoms with Gasteiger partial charge in [-0.25, -0.2) is 12.8 Å². The minimum absolute atomic E-state index is 0.0143. The van der Waals surface area contributed by atoms with Crippen LogP contribution in [-0.2, 0) is 16.4 Å². The second kappa shape index (κ2) is 7.32. The Morgan fingerprint density at radius 2 is 1.71 bits per heavy atom. The molecule has 2 heterocycles. The smallest absolute Gasteiger partial charge is 0.234 e. The lowest BCUT2D eigenvalue weighted by atomic mass is 10.2. The van der Waals surface area contributed by atoms with Crippen molar-refractivity contribution in [3.05, 3.63) is 84.6 Å². The summed E-state index contributed by atoms with van der Waals surface area (Å²) in [6, 6.07) is 16.9. The molecule has 0 aliphatic rings. The first-order chi connectivity index (χ1) is 13.5. The molecule has 0 amide bonds. The van der Waals surface area contributed by atoms with Crippen LogP contribution in [-0.4, -0.2) is 13.4 Å². The van der Waals surface area contributed by atoms with E-state index in [0.717, 1.165) is 0 Å². The van der Waals surface area contributed by atoms with E-state index in [1.165, 1.54) is 42.7 Å². The normalized spacial score (nSPS) is 11.5. The van der Waals surface area contributed by atoms with E-state index in [1.54, 1.807) is 30.3 Å². The number of anilines is 1. The summed E-state index contributed by atoms with van der Waals surface area (Å²) in [4.78, 5) is 4.28. The van der Waals surface area contributed by atoms with Crippen LogP contribution in [0.3, 0.4) is 0 Å². The Bertz CT molecular complexity index is 1170. The van der Waals surface area contributed by atoms with Gasteiger partial charge in [0.25, 0.3) is 0 Å². The Morgan fingerprint density at radius 1 is 0.964 bits per heavy atom. The maximum atomic E-state index is 13.2. The highest BCUT2D eigenvalue weighted by Crippen LogP contribution is 2.32. The quantitative estimate of drug-likeness (QED) is 0.514. The van der Waals surface area contributed by atoms with Crippen molar-refractivity contribution in [2.75, 3.05) is 5.32 Å². The second-order valence-electron chi connectivity index (χ2n) is 5.91. The van der Waals surface area contributed by atoms with E-state index in [0.29, 0.717) is 11.3 Å². The fourth-order valence-electron chi connectivity index (χ4n) is 2.61. The molecule has 28 heavy (non-hydrogen) atoms. The number of halogens is 1. The number of hydrogen-bond acceptors (Lipinski definition) is 6. The van der Waals surface area contributed by atoms with Crippen LogP contribution in [0.4, 0.5) is 10.3 Å². The molecule has 0 spiro atoms. The Morgan fingerprint density at radius 3 is 2.39 bits per heavy atom. The topological polar surface area (TPSA) is 85.3 Å². The molecule has 0 aliphatic carbocycles. The number of furan rings is 1. The van der Waals surface area contributed by atoms with E-state index in [2.05, 4.69) is 10.3 Å². The molecule has 4 rings (SSSR count). The average molecular weight is 398 g/mol. The van der Waals surface area contributed by atoms with E-state index in [1.807, 2.05) is 0 Å².